The molecule has 0 spiro atoms. The van der Waals surface area contributed by atoms with E-state index in [1.54, 1.807) is 13.0 Å². The summed E-state index contributed by atoms with van der Waals surface area (Å²) in [4.78, 5) is 25.4. The molecular formula is C34H34N4O4. The summed E-state index contributed by atoms with van der Waals surface area (Å²) in [5.41, 5.74) is 10.6. The Morgan fingerprint density at radius 1 is 1.00 bits per heavy atom. The molecule has 2 atom stereocenters. The van der Waals surface area contributed by atoms with Gasteiger partial charge in [0.25, 0.3) is 0 Å². The molecule has 0 amide bonds. The molecule has 214 valence electrons. The summed E-state index contributed by atoms with van der Waals surface area (Å²) in [7, 11) is 0. The topological polar surface area (TPSA) is 128 Å². The Hall–Kier alpha value is -5.50. The highest BCUT2D eigenvalue weighted by Crippen LogP contribution is 2.29. The van der Waals surface area contributed by atoms with Crippen molar-refractivity contribution in [3.8, 4) is 0 Å². The van der Waals surface area contributed by atoms with Crippen molar-refractivity contribution in [3.05, 3.63) is 156 Å². The maximum Gasteiger partial charge on any atom is 0.335 e. The third-order valence-electron chi connectivity index (χ3n) is 6.75. The zero-order valence-corrected chi connectivity index (χ0v) is 23.3. The molecule has 0 aliphatic carbocycles. The third kappa shape index (κ3) is 7.37. The number of dihydropyridines is 2. The Morgan fingerprint density at radius 3 is 2.21 bits per heavy atom. The van der Waals surface area contributed by atoms with E-state index in [-0.39, 0.29) is 22.9 Å². The molecule has 0 aromatic heterocycles. The molecule has 42 heavy (non-hydrogen) atoms. The highest BCUT2D eigenvalue weighted by Gasteiger charge is 2.26. The fraction of sp³-hybridized carbons (Fsp3) is 0.118. The lowest BCUT2D eigenvalue weighted by molar-refractivity contribution is -0.133. The molecule has 2 unspecified atom stereocenters. The summed E-state index contributed by atoms with van der Waals surface area (Å²) in [6.07, 6.45) is 16.2. The van der Waals surface area contributed by atoms with E-state index in [1.165, 1.54) is 18.2 Å². The third-order valence-corrected chi connectivity index (χ3v) is 6.75. The highest BCUT2D eigenvalue weighted by atomic mass is 16.4. The number of para-hydroxylation sites is 2. The van der Waals surface area contributed by atoms with E-state index in [9.17, 15) is 19.8 Å². The first kappa shape index (κ1) is 29.5. The Labute approximate surface area is 245 Å². The monoisotopic (exact) mass is 562 g/mol. The van der Waals surface area contributed by atoms with Gasteiger partial charge in [0.15, 0.2) is 0 Å². The standard InChI is InChI=1S/C34H34N4O4/c1-3-25(33(39)40)20-29(35)30-21-26(34(41)42)22-32(37-30)31-19-24(17-18-36-31)12-10-11-23(2)38(27-13-6-4-7-14-27)28-15-8-5-9-16-28/h3-11,13-22,31-32,36-37H,2,12,35H2,1H3,(H,39,40)(H,41,42)/b11-10-,25-3+,29-20-. The van der Waals surface area contributed by atoms with Gasteiger partial charge in [0.05, 0.1) is 34.6 Å². The van der Waals surface area contributed by atoms with Crippen LogP contribution in [0.15, 0.2) is 156 Å². The minimum Gasteiger partial charge on any atom is -0.478 e. The number of nitrogens with zero attached hydrogens (tertiary/aromatic N) is 1. The first-order chi connectivity index (χ1) is 20.3. The van der Waals surface area contributed by atoms with E-state index in [0.717, 1.165) is 22.6 Å². The number of hydrogen-bond donors (Lipinski definition) is 5. The average molecular weight is 563 g/mol. The molecule has 2 aromatic rings. The second kappa shape index (κ2) is 13.7. The van der Waals surface area contributed by atoms with E-state index in [2.05, 4.69) is 22.1 Å². The molecule has 0 radical (unpaired) electrons. The molecule has 2 aliphatic rings. The van der Waals surface area contributed by atoms with E-state index in [0.29, 0.717) is 12.1 Å². The van der Waals surface area contributed by atoms with Gasteiger partial charge in [-0.1, -0.05) is 61.2 Å². The molecule has 4 rings (SSSR count). The van der Waals surface area contributed by atoms with Crippen LogP contribution >= 0.6 is 0 Å². The number of rotatable bonds is 11. The van der Waals surface area contributed by atoms with Gasteiger partial charge in [-0.05, 0) is 79.8 Å². The zero-order chi connectivity index (χ0) is 30.1. The average Bonchev–Trinajstić information content (AvgIpc) is 3.00. The summed E-state index contributed by atoms with van der Waals surface area (Å²) in [6.45, 7) is 5.91. The van der Waals surface area contributed by atoms with Crippen molar-refractivity contribution < 1.29 is 19.8 Å². The van der Waals surface area contributed by atoms with Gasteiger partial charge < -0.3 is 31.5 Å². The molecule has 0 bridgehead atoms. The quantitative estimate of drug-likeness (QED) is 0.181. The number of nitrogens with two attached hydrogens (primary N) is 1. The van der Waals surface area contributed by atoms with E-state index in [4.69, 9.17) is 5.73 Å². The van der Waals surface area contributed by atoms with Gasteiger partial charge in [-0.3, -0.25) is 0 Å². The molecule has 2 heterocycles. The summed E-state index contributed by atoms with van der Waals surface area (Å²) in [5.74, 6) is -2.23. The Morgan fingerprint density at radius 2 is 1.64 bits per heavy atom. The molecule has 8 nitrogen and oxygen atoms in total. The van der Waals surface area contributed by atoms with Crippen LogP contribution in [-0.4, -0.2) is 34.2 Å². The first-order valence-electron chi connectivity index (χ1n) is 13.5. The van der Waals surface area contributed by atoms with Crippen molar-refractivity contribution in [2.75, 3.05) is 4.90 Å². The van der Waals surface area contributed by atoms with Crippen LogP contribution in [0.5, 0.6) is 0 Å². The van der Waals surface area contributed by atoms with Gasteiger partial charge in [-0.15, -0.1) is 0 Å². The van der Waals surface area contributed by atoms with Crippen LogP contribution in [0, 0.1) is 0 Å². The van der Waals surface area contributed by atoms with Crippen LogP contribution in [0.4, 0.5) is 11.4 Å². The smallest absolute Gasteiger partial charge is 0.335 e. The van der Waals surface area contributed by atoms with Crippen LogP contribution in [0.3, 0.4) is 0 Å². The fourth-order valence-electron chi connectivity index (χ4n) is 4.65. The maximum absolute atomic E-state index is 11.9. The predicted molar refractivity (Wildman–Crippen MR) is 166 cm³/mol. The SMILES string of the molecule is C=C(/C=C\CC1=CC(C2C=C(C(=O)O)C=C(/C(N)=C/C(=C\C)C(=O)O)N2)NC=C1)N(c1ccccc1)c1ccccc1. The molecule has 2 aliphatic heterocycles. The summed E-state index contributed by atoms with van der Waals surface area (Å²) in [5, 5.41) is 25.6. The van der Waals surface area contributed by atoms with Crippen LogP contribution in [0.2, 0.25) is 0 Å². The number of aliphatic carboxylic acids is 2. The number of benzene rings is 2. The number of carboxylic acids is 2. The van der Waals surface area contributed by atoms with Crippen molar-refractivity contribution >= 4 is 23.3 Å². The highest BCUT2D eigenvalue weighted by molar-refractivity contribution is 5.91. The lowest BCUT2D eigenvalue weighted by atomic mass is 9.95. The van der Waals surface area contributed by atoms with Crippen molar-refractivity contribution in [3.63, 3.8) is 0 Å². The Bertz CT molecular complexity index is 1510. The van der Waals surface area contributed by atoms with E-state index >= 15 is 0 Å². The van der Waals surface area contributed by atoms with E-state index < -0.39 is 18.0 Å². The van der Waals surface area contributed by atoms with Gasteiger partial charge in [-0.2, -0.15) is 0 Å². The minimum atomic E-state index is -1.12. The van der Waals surface area contributed by atoms with Crippen molar-refractivity contribution in [1.29, 1.82) is 0 Å². The van der Waals surface area contributed by atoms with Crippen LogP contribution in [0.25, 0.3) is 0 Å². The number of allylic oxidation sites excluding steroid dienone is 5. The summed E-state index contributed by atoms with van der Waals surface area (Å²) < 4.78 is 0. The van der Waals surface area contributed by atoms with E-state index in [1.807, 2.05) is 91.2 Å². The fourth-order valence-corrected chi connectivity index (χ4v) is 4.65. The van der Waals surface area contributed by atoms with Crippen LogP contribution in [-0.2, 0) is 9.59 Å². The zero-order valence-electron chi connectivity index (χ0n) is 23.3. The number of carbonyl (C=O) groups is 2. The minimum absolute atomic E-state index is 0.00514. The maximum atomic E-state index is 11.9. The largest absolute Gasteiger partial charge is 0.478 e. The lowest BCUT2D eigenvalue weighted by Gasteiger charge is -2.31. The van der Waals surface area contributed by atoms with Gasteiger partial charge in [-0.25, -0.2) is 9.59 Å². The van der Waals surface area contributed by atoms with Crippen molar-refractivity contribution in [1.82, 2.24) is 10.6 Å². The number of carboxylic acid groups (broad SMARTS) is 2. The second-order valence-electron chi connectivity index (χ2n) is 9.68. The van der Waals surface area contributed by atoms with Crippen LogP contribution in [0.1, 0.15) is 13.3 Å². The van der Waals surface area contributed by atoms with Gasteiger partial charge in [0.1, 0.15) is 0 Å². The molecule has 0 fully saturated rings. The molecular weight excluding hydrogens is 528 g/mol. The predicted octanol–water partition coefficient (Wildman–Crippen LogP) is 5.44. The number of anilines is 2. The Kier molecular flexibility index (Phi) is 9.63. The molecule has 2 aromatic carbocycles. The normalized spacial score (nSPS) is 18.7. The molecule has 0 saturated carbocycles. The number of hydrogen-bond acceptors (Lipinski definition) is 6. The summed E-state index contributed by atoms with van der Waals surface area (Å²) >= 11 is 0. The Balaban J connectivity index is 1.50. The first-order valence-corrected chi connectivity index (χ1v) is 13.5. The van der Waals surface area contributed by atoms with Gasteiger partial charge >= 0.3 is 11.9 Å². The molecule has 8 heteroatoms. The lowest BCUT2D eigenvalue weighted by Crippen LogP contribution is -2.47. The molecule has 6 N–H and O–H groups in total. The summed E-state index contributed by atoms with van der Waals surface area (Å²) in [6, 6.07) is 19.3. The van der Waals surface area contributed by atoms with Crippen LogP contribution < -0.4 is 21.3 Å². The van der Waals surface area contributed by atoms with Crippen molar-refractivity contribution in [2.45, 2.75) is 25.4 Å². The van der Waals surface area contributed by atoms with Gasteiger partial charge in [0.2, 0.25) is 0 Å². The number of nitrogens with one attached hydrogen (secondary N) is 2. The van der Waals surface area contributed by atoms with Crippen molar-refractivity contribution in [2.24, 2.45) is 5.73 Å². The van der Waals surface area contributed by atoms with Gasteiger partial charge in [0, 0.05) is 17.1 Å². The molecule has 0 saturated heterocycles. The second-order valence-corrected chi connectivity index (χ2v) is 9.68.